The maximum absolute atomic E-state index is 11.3. The fourth-order valence-electron chi connectivity index (χ4n) is 0.793. The Morgan fingerprint density at radius 1 is 1.83 bits per heavy atom. The van der Waals surface area contributed by atoms with Crippen molar-refractivity contribution >= 4 is 17.2 Å². The number of thiazole rings is 1. The molecule has 0 spiro atoms. The van der Waals surface area contributed by atoms with Gasteiger partial charge in [-0.3, -0.25) is 4.79 Å². The lowest BCUT2D eigenvalue weighted by Crippen LogP contribution is -2.29. The number of nitrogens with two attached hydrogens (primary N) is 1. The molecule has 0 aromatic carbocycles. The van der Waals surface area contributed by atoms with Crippen LogP contribution >= 0.6 is 11.3 Å². The van der Waals surface area contributed by atoms with E-state index < -0.39 is 0 Å². The van der Waals surface area contributed by atoms with Gasteiger partial charge in [0.05, 0.1) is 5.51 Å². The van der Waals surface area contributed by atoms with Crippen LogP contribution in [-0.4, -0.2) is 24.0 Å². The van der Waals surface area contributed by atoms with Crippen molar-refractivity contribution in [1.29, 1.82) is 0 Å². The summed E-state index contributed by atoms with van der Waals surface area (Å²) < 4.78 is 0. The predicted molar refractivity (Wildman–Crippen MR) is 48.2 cm³/mol. The van der Waals surface area contributed by atoms with E-state index in [1.165, 1.54) is 11.3 Å². The standard InChI is InChI=1S/C7H11N3OS/c1-5-6(10-4-12-5)7(11)9-3-2-8/h4H,2-3,8H2,1H3,(H,9,11). The highest BCUT2D eigenvalue weighted by atomic mass is 32.1. The lowest BCUT2D eigenvalue weighted by atomic mass is 10.3. The Bertz CT molecular complexity index is 271. The Labute approximate surface area is 74.8 Å². The average molecular weight is 185 g/mol. The van der Waals surface area contributed by atoms with Gasteiger partial charge in [0.2, 0.25) is 0 Å². The molecule has 1 aromatic rings. The van der Waals surface area contributed by atoms with Crippen molar-refractivity contribution in [2.24, 2.45) is 5.73 Å². The number of carbonyl (C=O) groups is 1. The Morgan fingerprint density at radius 3 is 3.08 bits per heavy atom. The molecule has 0 aliphatic rings. The van der Waals surface area contributed by atoms with E-state index >= 15 is 0 Å². The number of nitrogens with zero attached hydrogens (tertiary/aromatic N) is 1. The van der Waals surface area contributed by atoms with Crippen molar-refractivity contribution in [3.05, 3.63) is 16.1 Å². The summed E-state index contributed by atoms with van der Waals surface area (Å²) in [6.07, 6.45) is 0. The van der Waals surface area contributed by atoms with Gasteiger partial charge in [0.25, 0.3) is 5.91 Å². The third-order valence-electron chi connectivity index (χ3n) is 1.39. The first kappa shape index (κ1) is 9.15. The molecule has 0 atom stereocenters. The predicted octanol–water partition coefficient (Wildman–Crippen LogP) is 0.140. The van der Waals surface area contributed by atoms with Crippen LogP contribution in [0.1, 0.15) is 15.4 Å². The number of aryl methyl sites for hydroxylation is 1. The van der Waals surface area contributed by atoms with Gasteiger partial charge in [-0.25, -0.2) is 4.98 Å². The Kier molecular flexibility index (Phi) is 3.19. The molecule has 4 nitrogen and oxygen atoms in total. The summed E-state index contributed by atoms with van der Waals surface area (Å²) in [5.41, 5.74) is 7.40. The van der Waals surface area contributed by atoms with Crippen LogP contribution in [0.5, 0.6) is 0 Å². The molecule has 0 aliphatic carbocycles. The Balaban J connectivity index is 2.59. The number of hydrogen-bond acceptors (Lipinski definition) is 4. The van der Waals surface area contributed by atoms with E-state index in [-0.39, 0.29) is 5.91 Å². The topological polar surface area (TPSA) is 68.0 Å². The second kappa shape index (κ2) is 4.18. The molecule has 0 saturated carbocycles. The van der Waals surface area contributed by atoms with E-state index in [0.717, 1.165) is 4.88 Å². The maximum atomic E-state index is 11.3. The number of amides is 1. The maximum Gasteiger partial charge on any atom is 0.271 e. The Hall–Kier alpha value is -0.940. The Morgan fingerprint density at radius 2 is 2.58 bits per heavy atom. The molecule has 66 valence electrons. The summed E-state index contributed by atoms with van der Waals surface area (Å²) in [5, 5.41) is 2.66. The fraction of sp³-hybridized carbons (Fsp3) is 0.429. The van der Waals surface area contributed by atoms with Crippen molar-refractivity contribution in [3.8, 4) is 0 Å². The highest BCUT2D eigenvalue weighted by Gasteiger charge is 2.09. The third kappa shape index (κ3) is 2.02. The van der Waals surface area contributed by atoms with E-state index in [0.29, 0.717) is 18.8 Å². The van der Waals surface area contributed by atoms with Crippen LogP contribution in [0.15, 0.2) is 5.51 Å². The molecule has 1 amide bonds. The molecule has 3 N–H and O–H groups in total. The molecule has 5 heteroatoms. The number of aromatic nitrogens is 1. The van der Waals surface area contributed by atoms with E-state index in [2.05, 4.69) is 10.3 Å². The summed E-state index contributed by atoms with van der Waals surface area (Å²) in [6, 6.07) is 0. The minimum absolute atomic E-state index is 0.140. The van der Waals surface area contributed by atoms with Crippen LogP contribution in [0, 0.1) is 6.92 Å². The first-order valence-electron chi connectivity index (χ1n) is 3.64. The van der Waals surface area contributed by atoms with Crippen molar-refractivity contribution < 1.29 is 4.79 Å². The zero-order valence-electron chi connectivity index (χ0n) is 6.83. The largest absolute Gasteiger partial charge is 0.349 e. The minimum atomic E-state index is -0.140. The number of carbonyl (C=O) groups excluding carboxylic acids is 1. The molecule has 0 radical (unpaired) electrons. The zero-order chi connectivity index (χ0) is 8.97. The minimum Gasteiger partial charge on any atom is -0.349 e. The molecular formula is C7H11N3OS. The number of rotatable bonds is 3. The summed E-state index contributed by atoms with van der Waals surface area (Å²) in [5.74, 6) is -0.140. The van der Waals surface area contributed by atoms with Gasteiger partial charge in [-0.15, -0.1) is 11.3 Å². The van der Waals surface area contributed by atoms with E-state index in [9.17, 15) is 4.79 Å². The molecule has 0 unspecified atom stereocenters. The highest BCUT2D eigenvalue weighted by Crippen LogP contribution is 2.10. The molecular weight excluding hydrogens is 174 g/mol. The molecule has 0 fully saturated rings. The van der Waals surface area contributed by atoms with Gasteiger partial charge in [0, 0.05) is 18.0 Å². The van der Waals surface area contributed by atoms with Gasteiger partial charge in [0.1, 0.15) is 5.69 Å². The summed E-state index contributed by atoms with van der Waals surface area (Å²) in [4.78, 5) is 16.1. The van der Waals surface area contributed by atoms with Crippen molar-refractivity contribution in [1.82, 2.24) is 10.3 Å². The SMILES string of the molecule is Cc1scnc1C(=O)NCCN. The zero-order valence-corrected chi connectivity index (χ0v) is 7.65. The first-order valence-corrected chi connectivity index (χ1v) is 4.52. The summed E-state index contributed by atoms with van der Waals surface area (Å²) >= 11 is 1.46. The average Bonchev–Trinajstić information content (AvgIpc) is 2.47. The van der Waals surface area contributed by atoms with Crippen molar-refractivity contribution in [2.45, 2.75) is 6.92 Å². The summed E-state index contributed by atoms with van der Waals surface area (Å²) in [7, 11) is 0. The van der Waals surface area contributed by atoms with Crippen molar-refractivity contribution in [3.63, 3.8) is 0 Å². The first-order chi connectivity index (χ1) is 5.75. The normalized spacial score (nSPS) is 9.83. The van der Waals surface area contributed by atoms with Crippen LogP contribution < -0.4 is 11.1 Å². The van der Waals surface area contributed by atoms with Gasteiger partial charge in [0.15, 0.2) is 0 Å². The smallest absolute Gasteiger partial charge is 0.271 e. The molecule has 1 heterocycles. The fourth-order valence-corrected chi connectivity index (χ4v) is 1.37. The second-order valence-corrected chi connectivity index (χ2v) is 3.36. The third-order valence-corrected chi connectivity index (χ3v) is 2.15. The lowest BCUT2D eigenvalue weighted by molar-refractivity contribution is 0.0950. The number of hydrogen-bond donors (Lipinski definition) is 2. The van der Waals surface area contributed by atoms with Gasteiger partial charge < -0.3 is 11.1 Å². The highest BCUT2D eigenvalue weighted by molar-refractivity contribution is 7.09. The van der Waals surface area contributed by atoms with Gasteiger partial charge in [-0.05, 0) is 6.92 Å². The molecule has 0 saturated heterocycles. The van der Waals surface area contributed by atoms with Crippen LogP contribution in [-0.2, 0) is 0 Å². The van der Waals surface area contributed by atoms with Crippen LogP contribution in [0.3, 0.4) is 0 Å². The molecule has 12 heavy (non-hydrogen) atoms. The second-order valence-electron chi connectivity index (χ2n) is 2.30. The quantitative estimate of drug-likeness (QED) is 0.704. The lowest BCUT2D eigenvalue weighted by Gasteiger charge is -2.00. The van der Waals surface area contributed by atoms with Gasteiger partial charge >= 0.3 is 0 Å². The number of nitrogens with one attached hydrogen (secondary N) is 1. The molecule has 0 aliphatic heterocycles. The molecule has 0 bridgehead atoms. The van der Waals surface area contributed by atoms with Gasteiger partial charge in [-0.1, -0.05) is 0 Å². The van der Waals surface area contributed by atoms with E-state index in [1.807, 2.05) is 6.92 Å². The van der Waals surface area contributed by atoms with Crippen LogP contribution in [0.25, 0.3) is 0 Å². The molecule has 1 aromatic heterocycles. The van der Waals surface area contributed by atoms with E-state index in [1.54, 1.807) is 5.51 Å². The van der Waals surface area contributed by atoms with Crippen LogP contribution in [0.4, 0.5) is 0 Å². The van der Waals surface area contributed by atoms with E-state index in [4.69, 9.17) is 5.73 Å². The van der Waals surface area contributed by atoms with Crippen molar-refractivity contribution in [2.75, 3.05) is 13.1 Å². The van der Waals surface area contributed by atoms with Gasteiger partial charge in [-0.2, -0.15) is 0 Å². The summed E-state index contributed by atoms with van der Waals surface area (Å²) in [6.45, 7) is 2.82. The van der Waals surface area contributed by atoms with Crippen LogP contribution in [0.2, 0.25) is 0 Å². The monoisotopic (exact) mass is 185 g/mol. The molecule has 1 rings (SSSR count).